The number of hydrogen-bond acceptors (Lipinski definition) is 0. The molecule has 0 atom stereocenters. The van der Waals surface area contributed by atoms with Crippen LogP contribution in [0.1, 0.15) is 22.3 Å². The van der Waals surface area contributed by atoms with Gasteiger partial charge < -0.3 is 0 Å². The first kappa shape index (κ1) is 22.5. The molecular formula is C16H11Br3F6. The second-order valence-corrected chi connectivity index (χ2v) is 7.20. The third kappa shape index (κ3) is 6.94. The minimum Gasteiger partial charge on any atom is -0.166 e. The molecule has 0 unspecified atom stereocenters. The average Bonchev–Trinajstić information content (AvgIpc) is 2.48. The van der Waals surface area contributed by atoms with Gasteiger partial charge in [0, 0.05) is 14.3 Å². The topological polar surface area (TPSA) is 0 Å². The second-order valence-electron chi connectivity index (χ2n) is 4.93. The van der Waals surface area contributed by atoms with Crippen molar-refractivity contribution in [2.24, 2.45) is 0 Å². The summed E-state index contributed by atoms with van der Waals surface area (Å²) >= 11 is 8.81. The lowest BCUT2D eigenvalue weighted by Crippen LogP contribution is -2.06. The highest BCUT2D eigenvalue weighted by Crippen LogP contribution is 2.36. The minimum atomic E-state index is -4.29. The maximum Gasteiger partial charge on any atom is 0.417 e. The molecule has 138 valence electrons. The third-order valence-corrected chi connectivity index (χ3v) is 4.95. The van der Waals surface area contributed by atoms with Gasteiger partial charge in [0.1, 0.15) is 0 Å². The molecule has 0 bridgehead atoms. The molecule has 0 heterocycles. The highest BCUT2D eigenvalue weighted by molar-refractivity contribution is 9.10. The molecule has 0 amide bonds. The number of halogens is 9. The van der Waals surface area contributed by atoms with Gasteiger partial charge in [-0.25, -0.2) is 0 Å². The van der Waals surface area contributed by atoms with Gasteiger partial charge in [-0.3, -0.25) is 0 Å². The van der Waals surface area contributed by atoms with E-state index in [9.17, 15) is 26.3 Å². The van der Waals surface area contributed by atoms with Crippen molar-refractivity contribution in [2.45, 2.75) is 24.6 Å². The molecule has 2 aromatic carbocycles. The molecule has 0 nitrogen and oxygen atoms in total. The van der Waals surface area contributed by atoms with E-state index in [1.807, 2.05) is 0 Å². The predicted octanol–water partition coefficient (Wildman–Crippen LogP) is 8.14. The molecule has 2 aromatic rings. The molecule has 0 aliphatic carbocycles. The lowest BCUT2D eigenvalue weighted by atomic mass is 10.1. The fourth-order valence-electron chi connectivity index (χ4n) is 1.73. The van der Waals surface area contributed by atoms with Crippen LogP contribution in [-0.2, 0) is 17.7 Å². The van der Waals surface area contributed by atoms with E-state index in [4.69, 9.17) is 0 Å². The molecule has 25 heavy (non-hydrogen) atoms. The standard InChI is InChI=1S/C8H5Br2F3.C8H6BrF3/c9-4-5-1-2-7(10)6(3-5)8(11,12)13;1-5-2-3-7(9)6(4-5)8(10,11)12/h1-3H,4H2;2-4H,1H3. The third-order valence-electron chi connectivity index (χ3n) is 2.92. The van der Waals surface area contributed by atoms with E-state index in [2.05, 4.69) is 47.8 Å². The number of aryl methyl sites for hydroxylation is 1. The van der Waals surface area contributed by atoms with Crippen LogP contribution in [0.5, 0.6) is 0 Å². The van der Waals surface area contributed by atoms with Crippen LogP contribution in [0.4, 0.5) is 26.3 Å². The van der Waals surface area contributed by atoms with E-state index in [1.165, 1.54) is 12.1 Å². The van der Waals surface area contributed by atoms with Crippen molar-refractivity contribution in [1.29, 1.82) is 0 Å². The van der Waals surface area contributed by atoms with Gasteiger partial charge in [-0.1, -0.05) is 65.5 Å². The van der Waals surface area contributed by atoms with E-state index < -0.39 is 23.5 Å². The summed E-state index contributed by atoms with van der Waals surface area (Å²) in [6.07, 6.45) is -8.57. The van der Waals surface area contributed by atoms with Crippen molar-refractivity contribution >= 4 is 47.8 Å². The van der Waals surface area contributed by atoms with Crippen LogP contribution in [0.25, 0.3) is 0 Å². The van der Waals surface area contributed by atoms with Gasteiger partial charge in [0.25, 0.3) is 0 Å². The van der Waals surface area contributed by atoms with Crippen LogP contribution in [0.3, 0.4) is 0 Å². The zero-order chi connectivity index (χ0) is 19.4. The highest BCUT2D eigenvalue weighted by atomic mass is 79.9. The Morgan fingerprint density at radius 2 is 1.20 bits per heavy atom. The molecule has 9 heteroatoms. The summed E-state index contributed by atoms with van der Waals surface area (Å²) in [6, 6.07) is 8.30. The molecule has 0 spiro atoms. The van der Waals surface area contributed by atoms with Gasteiger partial charge in [0.15, 0.2) is 0 Å². The summed E-state index contributed by atoms with van der Waals surface area (Å²) in [5, 5.41) is 0.420. The van der Waals surface area contributed by atoms with Crippen molar-refractivity contribution < 1.29 is 26.3 Å². The normalized spacial score (nSPS) is 11.8. The number of alkyl halides is 7. The fraction of sp³-hybridized carbons (Fsp3) is 0.250. The van der Waals surface area contributed by atoms with Crippen LogP contribution in [0, 0.1) is 6.92 Å². The Morgan fingerprint density at radius 1 is 0.760 bits per heavy atom. The lowest BCUT2D eigenvalue weighted by Gasteiger charge is -2.09. The Morgan fingerprint density at radius 3 is 1.60 bits per heavy atom. The van der Waals surface area contributed by atoms with Crippen LogP contribution < -0.4 is 0 Å². The first-order valence-electron chi connectivity index (χ1n) is 6.61. The Bertz CT molecular complexity index is 723. The van der Waals surface area contributed by atoms with E-state index in [1.54, 1.807) is 19.1 Å². The van der Waals surface area contributed by atoms with Crippen molar-refractivity contribution in [1.82, 2.24) is 0 Å². The molecule has 0 N–H and O–H groups in total. The smallest absolute Gasteiger partial charge is 0.166 e. The Labute approximate surface area is 166 Å². The van der Waals surface area contributed by atoms with Gasteiger partial charge in [-0.05, 0) is 36.8 Å². The molecule has 0 aliphatic rings. The van der Waals surface area contributed by atoms with Gasteiger partial charge in [0.2, 0.25) is 0 Å². The Kier molecular flexibility index (Phi) is 8.01. The summed E-state index contributed by atoms with van der Waals surface area (Å²) in [5.41, 5.74) is -0.0481. The zero-order valence-corrected chi connectivity index (χ0v) is 17.3. The van der Waals surface area contributed by atoms with Crippen molar-refractivity contribution in [2.75, 3.05) is 0 Å². The molecule has 0 radical (unpaired) electrons. The Balaban J connectivity index is 0.000000251. The molecule has 2 rings (SSSR count). The minimum absolute atomic E-state index is 0.0738. The van der Waals surface area contributed by atoms with E-state index in [-0.39, 0.29) is 8.95 Å². The summed E-state index contributed by atoms with van der Waals surface area (Å²) in [5.74, 6) is 0. The van der Waals surface area contributed by atoms with Crippen LogP contribution in [0.2, 0.25) is 0 Å². The van der Waals surface area contributed by atoms with Crippen LogP contribution in [-0.4, -0.2) is 0 Å². The molecule has 0 saturated carbocycles. The summed E-state index contributed by atoms with van der Waals surface area (Å²) < 4.78 is 73.7. The quantitative estimate of drug-likeness (QED) is 0.246. The van der Waals surface area contributed by atoms with Gasteiger partial charge in [-0.15, -0.1) is 0 Å². The van der Waals surface area contributed by atoms with Gasteiger partial charge in [0.05, 0.1) is 11.1 Å². The number of benzene rings is 2. The molecule has 0 saturated heterocycles. The first-order valence-corrected chi connectivity index (χ1v) is 9.32. The van der Waals surface area contributed by atoms with Crippen molar-refractivity contribution in [3.63, 3.8) is 0 Å². The van der Waals surface area contributed by atoms with Crippen molar-refractivity contribution in [3.05, 3.63) is 67.6 Å². The van der Waals surface area contributed by atoms with Crippen molar-refractivity contribution in [3.8, 4) is 0 Å². The first-order chi connectivity index (χ1) is 11.4. The predicted molar refractivity (Wildman–Crippen MR) is 95.7 cm³/mol. The molecule has 0 fully saturated rings. The SMILES string of the molecule is Cc1ccc(Br)c(C(F)(F)F)c1.FC(F)(F)c1cc(CBr)ccc1Br. The number of rotatable bonds is 1. The van der Waals surface area contributed by atoms with E-state index >= 15 is 0 Å². The Hall–Kier alpha value is -0.540. The molecule has 0 aliphatic heterocycles. The monoisotopic (exact) mass is 554 g/mol. The number of hydrogen-bond donors (Lipinski definition) is 0. The maximum atomic E-state index is 12.3. The van der Waals surface area contributed by atoms with Gasteiger partial charge in [-0.2, -0.15) is 26.3 Å². The fourth-order valence-corrected chi connectivity index (χ4v) is 3.02. The highest BCUT2D eigenvalue weighted by Gasteiger charge is 2.33. The molecule has 0 aromatic heterocycles. The van der Waals surface area contributed by atoms with Gasteiger partial charge >= 0.3 is 12.4 Å². The average molecular weight is 557 g/mol. The summed E-state index contributed by atoms with van der Waals surface area (Å²) in [7, 11) is 0. The molecular weight excluding hydrogens is 546 g/mol. The van der Waals surface area contributed by atoms with Crippen LogP contribution >= 0.6 is 47.8 Å². The summed E-state index contributed by atoms with van der Waals surface area (Å²) in [4.78, 5) is 0. The lowest BCUT2D eigenvalue weighted by molar-refractivity contribution is -0.139. The second kappa shape index (κ2) is 8.90. The van der Waals surface area contributed by atoms with E-state index in [0.29, 0.717) is 16.5 Å². The maximum absolute atomic E-state index is 12.3. The van der Waals surface area contributed by atoms with E-state index in [0.717, 1.165) is 12.1 Å². The summed E-state index contributed by atoms with van der Waals surface area (Å²) in [6.45, 7) is 1.63. The van der Waals surface area contributed by atoms with Crippen LogP contribution in [0.15, 0.2) is 45.3 Å². The zero-order valence-electron chi connectivity index (χ0n) is 12.6. The largest absolute Gasteiger partial charge is 0.417 e.